The van der Waals surface area contributed by atoms with Crippen LogP contribution in [0.15, 0.2) is 48.5 Å². The van der Waals surface area contributed by atoms with Crippen LogP contribution in [0.5, 0.6) is 11.5 Å². The minimum absolute atomic E-state index is 0.0114. The van der Waals surface area contributed by atoms with Gasteiger partial charge in [-0.1, -0.05) is 30.3 Å². The van der Waals surface area contributed by atoms with Crippen LogP contribution in [0.1, 0.15) is 56.0 Å². The van der Waals surface area contributed by atoms with Crippen molar-refractivity contribution in [1.29, 1.82) is 0 Å². The Morgan fingerprint density at radius 1 is 1.02 bits per heavy atom. The number of benzene rings is 2. The van der Waals surface area contributed by atoms with Crippen molar-refractivity contribution in [3.63, 3.8) is 0 Å². The summed E-state index contributed by atoms with van der Waals surface area (Å²) in [5.41, 5.74) is 1.70. The molecule has 1 saturated carbocycles. The Hall–Kier alpha value is -3.30. The van der Waals surface area contributed by atoms with Gasteiger partial charge in [0.25, 0.3) is 5.91 Å². The SMILES string of the molecule is CCN(Cc1ccccc1)C(=O)NC(C1CC1)[C@@H]1CNC[C@H]1CN(C(=O)c1ccc(OC)c(OCCCOC)c1)C(C)C. The van der Waals surface area contributed by atoms with Crippen molar-refractivity contribution in [1.82, 2.24) is 20.4 Å². The molecule has 2 aromatic rings. The molecule has 3 atom stereocenters. The molecule has 4 rings (SSSR count). The van der Waals surface area contributed by atoms with Crippen molar-refractivity contribution in [2.75, 3.05) is 53.6 Å². The van der Waals surface area contributed by atoms with Crippen LogP contribution in [0.3, 0.4) is 0 Å². The van der Waals surface area contributed by atoms with Gasteiger partial charge in [-0.25, -0.2) is 4.79 Å². The molecule has 0 bridgehead atoms. The highest BCUT2D eigenvalue weighted by Crippen LogP contribution is 2.39. The molecule has 2 aromatic carbocycles. The number of nitrogens with one attached hydrogen (secondary N) is 2. The number of ether oxygens (including phenoxy) is 3. The normalized spacial score (nSPS) is 18.7. The number of amides is 3. The highest BCUT2D eigenvalue weighted by atomic mass is 16.5. The van der Waals surface area contributed by atoms with E-state index in [1.807, 2.05) is 41.0 Å². The summed E-state index contributed by atoms with van der Waals surface area (Å²) in [6, 6.07) is 15.6. The quantitative estimate of drug-likeness (QED) is 0.271. The monoisotopic (exact) mass is 594 g/mol. The molecule has 1 saturated heterocycles. The zero-order chi connectivity index (χ0) is 30.8. The minimum Gasteiger partial charge on any atom is -0.493 e. The lowest BCUT2D eigenvalue weighted by Crippen LogP contribution is -2.51. The number of rotatable bonds is 16. The Balaban J connectivity index is 1.45. The van der Waals surface area contributed by atoms with E-state index in [4.69, 9.17) is 14.2 Å². The summed E-state index contributed by atoms with van der Waals surface area (Å²) >= 11 is 0. The van der Waals surface area contributed by atoms with Crippen LogP contribution < -0.4 is 20.1 Å². The van der Waals surface area contributed by atoms with Crippen LogP contribution in [-0.2, 0) is 11.3 Å². The summed E-state index contributed by atoms with van der Waals surface area (Å²) < 4.78 is 16.6. The van der Waals surface area contributed by atoms with Gasteiger partial charge in [0.15, 0.2) is 11.5 Å². The van der Waals surface area contributed by atoms with Crippen molar-refractivity contribution in [3.8, 4) is 11.5 Å². The van der Waals surface area contributed by atoms with E-state index in [0.29, 0.717) is 55.8 Å². The van der Waals surface area contributed by atoms with Crippen LogP contribution >= 0.6 is 0 Å². The topological polar surface area (TPSA) is 92.4 Å². The van der Waals surface area contributed by atoms with Gasteiger partial charge >= 0.3 is 6.03 Å². The largest absolute Gasteiger partial charge is 0.493 e. The van der Waals surface area contributed by atoms with E-state index in [-0.39, 0.29) is 35.9 Å². The standard InChI is InChI=1S/C34H50N4O5/c1-6-37(22-25-11-8-7-9-12-25)34(40)36-32(26-13-14-26)29-21-35-20-28(29)23-38(24(2)3)33(39)27-15-16-30(42-5)31(19-27)43-18-10-17-41-4/h7-9,11-12,15-16,19,24,26,28-29,32,35H,6,10,13-14,17-18,20-23H2,1-5H3,(H,36,40)/t28-,29+,32?/m0/s1. The first-order valence-electron chi connectivity index (χ1n) is 15.8. The summed E-state index contributed by atoms with van der Waals surface area (Å²) in [7, 11) is 3.26. The fraction of sp³-hybridized carbons (Fsp3) is 0.588. The lowest BCUT2D eigenvalue weighted by molar-refractivity contribution is 0.0649. The molecule has 3 amide bonds. The first-order valence-corrected chi connectivity index (χ1v) is 15.8. The number of methoxy groups -OCH3 is 2. The molecule has 0 aromatic heterocycles. The molecule has 2 N–H and O–H groups in total. The second-order valence-corrected chi connectivity index (χ2v) is 12.0. The molecule has 1 aliphatic heterocycles. The van der Waals surface area contributed by atoms with E-state index in [1.54, 1.807) is 26.4 Å². The maximum Gasteiger partial charge on any atom is 0.317 e. The Morgan fingerprint density at radius 2 is 1.79 bits per heavy atom. The summed E-state index contributed by atoms with van der Waals surface area (Å²) in [5.74, 6) is 2.08. The molecule has 0 spiro atoms. The number of carbonyl (C=O) groups is 2. The Kier molecular flexibility index (Phi) is 12.1. The van der Waals surface area contributed by atoms with Crippen molar-refractivity contribution in [2.45, 2.75) is 58.7 Å². The van der Waals surface area contributed by atoms with Gasteiger partial charge in [0.2, 0.25) is 0 Å². The molecule has 236 valence electrons. The molecule has 1 aliphatic carbocycles. The number of hydrogen-bond acceptors (Lipinski definition) is 6. The molecule has 9 heteroatoms. The van der Waals surface area contributed by atoms with Crippen molar-refractivity contribution in [2.24, 2.45) is 17.8 Å². The molecule has 2 aliphatic rings. The smallest absolute Gasteiger partial charge is 0.317 e. The maximum atomic E-state index is 13.9. The molecule has 0 radical (unpaired) electrons. The number of nitrogens with zero attached hydrogens (tertiary/aromatic N) is 2. The third-order valence-electron chi connectivity index (χ3n) is 8.63. The molecule has 2 fully saturated rings. The fourth-order valence-electron chi connectivity index (χ4n) is 6.02. The zero-order valence-electron chi connectivity index (χ0n) is 26.5. The van der Waals surface area contributed by atoms with Gasteiger partial charge in [-0.15, -0.1) is 0 Å². The average molecular weight is 595 g/mol. The van der Waals surface area contributed by atoms with E-state index in [2.05, 4.69) is 36.6 Å². The van der Waals surface area contributed by atoms with Gasteiger partial charge in [-0.3, -0.25) is 4.79 Å². The summed E-state index contributed by atoms with van der Waals surface area (Å²) in [4.78, 5) is 31.3. The average Bonchev–Trinajstić information content (AvgIpc) is 3.76. The van der Waals surface area contributed by atoms with Crippen molar-refractivity contribution in [3.05, 3.63) is 59.7 Å². The van der Waals surface area contributed by atoms with Gasteiger partial charge in [0.1, 0.15) is 0 Å². The molecule has 1 heterocycles. The lowest BCUT2D eigenvalue weighted by Gasteiger charge is -2.35. The number of carbonyl (C=O) groups excluding carboxylic acids is 2. The second-order valence-electron chi connectivity index (χ2n) is 12.0. The Bertz CT molecular complexity index is 1170. The molecular formula is C34H50N4O5. The highest BCUT2D eigenvalue weighted by Gasteiger charge is 2.44. The van der Waals surface area contributed by atoms with E-state index < -0.39 is 0 Å². The predicted molar refractivity (Wildman–Crippen MR) is 169 cm³/mol. The summed E-state index contributed by atoms with van der Waals surface area (Å²) in [6.45, 7) is 10.7. The van der Waals surface area contributed by atoms with Gasteiger partial charge in [0.05, 0.1) is 13.7 Å². The fourth-order valence-corrected chi connectivity index (χ4v) is 6.02. The van der Waals surface area contributed by atoms with Crippen LogP contribution in [-0.4, -0.2) is 87.4 Å². The third-order valence-corrected chi connectivity index (χ3v) is 8.63. The second kappa shape index (κ2) is 16.0. The van der Waals surface area contributed by atoms with E-state index in [9.17, 15) is 9.59 Å². The molecule has 1 unspecified atom stereocenters. The van der Waals surface area contributed by atoms with Crippen LogP contribution in [0, 0.1) is 17.8 Å². The summed E-state index contributed by atoms with van der Waals surface area (Å²) in [5, 5.41) is 7.01. The van der Waals surface area contributed by atoms with Crippen LogP contribution in [0.25, 0.3) is 0 Å². The predicted octanol–water partition coefficient (Wildman–Crippen LogP) is 4.81. The van der Waals surface area contributed by atoms with Gasteiger partial charge in [0, 0.05) is 70.5 Å². The van der Waals surface area contributed by atoms with Gasteiger partial charge in [-0.2, -0.15) is 0 Å². The van der Waals surface area contributed by atoms with E-state index in [1.165, 1.54) is 0 Å². The summed E-state index contributed by atoms with van der Waals surface area (Å²) in [6.07, 6.45) is 3.00. The Morgan fingerprint density at radius 3 is 2.44 bits per heavy atom. The van der Waals surface area contributed by atoms with E-state index >= 15 is 0 Å². The van der Waals surface area contributed by atoms with Crippen molar-refractivity contribution >= 4 is 11.9 Å². The first kappa shape index (κ1) is 32.6. The third kappa shape index (κ3) is 8.86. The number of hydrogen-bond donors (Lipinski definition) is 2. The minimum atomic E-state index is -0.0305. The van der Waals surface area contributed by atoms with E-state index in [0.717, 1.165) is 37.9 Å². The van der Waals surface area contributed by atoms with Crippen LogP contribution in [0.2, 0.25) is 0 Å². The van der Waals surface area contributed by atoms with Crippen LogP contribution in [0.4, 0.5) is 4.79 Å². The molecule has 43 heavy (non-hydrogen) atoms. The molecule has 9 nitrogen and oxygen atoms in total. The number of urea groups is 1. The molecular weight excluding hydrogens is 544 g/mol. The highest BCUT2D eigenvalue weighted by molar-refractivity contribution is 5.95. The Labute approximate surface area is 257 Å². The van der Waals surface area contributed by atoms with Gasteiger partial charge < -0.3 is 34.6 Å². The maximum absolute atomic E-state index is 13.9. The van der Waals surface area contributed by atoms with Gasteiger partial charge in [-0.05, 0) is 75.1 Å². The first-order chi connectivity index (χ1) is 20.9. The zero-order valence-corrected chi connectivity index (χ0v) is 26.5. The lowest BCUT2D eigenvalue weighted by atomic mass is 9.85. The van der Waals surface area contributed by atoms with Crippen molar-refractivity contribution < 1.29 is 23.8 Å².